The van der Waals surface area contributed by atoms with Gasteiger partial charge >= 0.3 is 0 Å². The third-order valence-corrected chi connectivity index (χ3v) is 9.79. The number of carbonyl (C=O) groups excluding carboxylic acids is 1. The summed E-state index contributed by atoms with van der Waals surface area (Å²) in [4.78, 5) is 22.7. The van der Waals surface area contributed by atoms with E-state index < -0.39 is 10.0 Å². The normalized spacial score (nSPS) is 12.1. The van der Waals surface area contributed by atoms with E-state index in [0.717, 1.165) is 28.9 Å². The number of likely N-dealkylation sites (N-methyl/N-ethyl adjacent to an activating group) is 1. The standard InChI is InChI=1S/C28H40N4O5S2/c1-7-30(8-2)13-14-32(28-29-25-19-21(3)22(4)20-26(25)38-28)27(33)23-9-11-24(12-10-23)39(34,35)31(15-17-36-5)16-18-37-6/h9-12,19-20H,7-8,13-18H2,1-6H3. The summed E-state index contributed by atoms with van der Waals surface area (Å²) in [5.74, 6) is -0.214. The van der Waals surface area contributed by atoms with Crippen molar-refractivity contribution in [1.82, 2.24) is 14.2 Å². The molecule has 2 aromatic carbocycles. The quantitative estimate of drug-likeness (QED) is 0.268. The number of hydrogen-bond donors (Lipinski definition) is 0. The first-order valence-electron chi connectivity index (χ1n) is 13.2. The van der Waals surface area contributed by atoms with E-state index >= 15 is 0 Å². The van der Waals surface area contributed by atoms with E-state index in [4.69, 9.17) is 14.5 Å². The van der Waals surface area contributed by atoms with Gasteiger partial charge < -0.3 is 14.4 Å². The second-order valence-electron chi connectivity index (χ2n) is 9.30. The molecule has 214 valence electrons. The Morgan fingerprint density at radius 3 is 2.05 bits per heavy atom. The minimum Gasteiger partial charge on any atom is -0.383 e. The van der Waals surface area contributed by atoms with Crippen LogP contribution in [0.1, 0.15) is 35.3 Å². The molecule has 3 aromatic rings. The number of carbonyl (C=O) groups is 1. The van der Waals surface area contributed by atoms with Gasteiger partial charge in [0.15, 0.2) is 5.13 Å². The van der Waals surface area contributed by atoms with E-state index in [1.54, 1.807) is 17.0 Å². The molecule has 0 N–H and O–H groups in total. The Balaban J connectivity index is 1.92. The molecule has 0 spiro atoms. The van der Waals surface area contributed by atoms with Gasteiger partial charge in [0.25, 0.3) is 5.91 Å². The number of amides is 1. The summed E-state index contributed by atoms with van der Waals surface area (Å²) in [5.41, 5.74) is 3.61. The Kier molecular flexibility index (Phi) is 11.4. The van der Waals surface area contributed by atoms with E-state index in [0.29, 0.717) is 23.8 Å². The number of hydrogen-bond acceptors (Lipinski definition) is 8. The van der Waals surface area contributed by atoms with Crippen molar-refractivity contribution in [2.45, 2.75) is 32.6 Å². The Bertz CT molecular complexity index is 1290. The highest BCUT2D eigenvalue weighted by Crippen LogP contribution is 2.32. The van der Waals surface area contributed by atoms with Gasteiger partial charge in [-0.25, -0.2) is 13.4 Å². The average Bonchev–Trinajstić information content (AvgIpc) is 3.33. The molecule has 1 heterocycles. The lowest BCUT2D eigenvalue weighted by molar-refractivity contribution is 0.0983. The second-order valence-corrected chi connectivity index (χ2v) is 12.2. The summed E-state index contributed by atoms with van der Waals surface area (Å²) in [6.07, 6.45) is 0. The van der Waals surface area contributed by atoms with E-state index in [-0.39, 0.29) is 37.1 Å². The van der Waals surface area contributed by atoms with Gasteiger partial charge in [0.1, 0.15) is 0 Å². The molecule has 0 aliphatic heterocycles. The molecule has 0 unspecified atom stereocenters. The zero-order chi connectivity index (χ0) is 28.6. The smallest absolute Gasteiger partial charge is 0.260 e. The first-order valence-corrected chi connectivity index (χ1v) is 15.4. The van der Waals surface area contributed by atoms with Crippen molar-refractivity contribution < 1.29 is 22.7 Å². The number of anilines is 1. The summed E-state index contributed by atoms with van der Waals surface area (Å²) >= 11 is 1.49. The predicted octanol–water partition coefficient (Wildman–Crippen LogP) is 4.19. The summed E-state index contributed by atoms with van der Waals surface area (Å²) < 4.78 is 39.1. The third-order valence-electron chi connectivity index (χ3n) is 6.83. The van der Waals surface area contributed by atoms with Gasteiger partial charge in [-0.15, -0.1) is 0 Å². The molecule has 11 heteroatoms. The maximum absolute atomic E-state index is 13.8. The molecule has 39 heavy (non-hydrogen) atoms. The fourth-order valence-corrected chi connectivity index (χ4v) is 6.64. The fraction of sp³-hybridized carbons (Fsp3) is 0.500. The Labute approximate surface area is 236 Å². The number of rotatable bonds is 15. The average molecular weight is 577 g/mol. The lowest BCUT2D eigenvalue weighted by atomic mass is 10.1. The van der Waals surface area contributed by atoms with Crippen LogP contribution in [0.15, 0.2) is 41.3 Å². The van der Waals surface area contributed by atoms with Gasteiger partial charge in [-0.3, -0.25) is 9.69 Å². The number of ether oxygens (including phenoxy) is 2. The van der Waals surface area contributed by atoms with E-state index in [1.807, 2.05) is 0 Å². The maximum Gasteiger partial charge on any atom is 0.260 e. The van der Waals surface area contributed by atoms with Crippen molar-refractivity contribution in [2.24, 2.45) is 0 Å². The first-order chi connectivity index (χ1) is 18.7. The lowest BCUT2D eigenvalue weighted by Gasteiger charge is -2.25. The minimum atomic E-state index is -3.78. The van der Waals surface area contributed by atoms with Crippen LogP contribution in [0.25, 0.3) is 10.2 Å². The van der Waals surface area contributed by atoms with Crippen molar-refractivity contribution >= 4 is 42.6 Å². The van der Waals surface area contributed by atoms with Gasteiger partial charge in [0.05, 0.1) is 28.3 Å². The van der Waals surface area contributed by atoms with Crippen LogP contribution >= 0.6 is 11.3 Å². The molecule has 0 atom stereocenters. The molecule has 0 radical (unpaired) electrons. The summed E-state index contributed by atoms with van der Waals surface area (Å²) in [5, 5.41) is 0.633. The van der Waals surface area contributed by atoms with Gasteiger partial charge in [-0.05, 0) is 74.5 Å². The van der Waals surface area contributed by atoms with Crippen LogP contribution in [0.2, 0.25) is 0 Å². The molecule has 0 fully saturated rings. The van der Waals surface area contributed by atoms with Crippen molar-refractivity contribution in [3.63, 3.8) is 0 Å². The monoisotopic (exact) mass is 576 g/mol. The number of thiazole rings is 1. The summed E-state index contributed by atoms with van der Waals surface area (Å²) in [6, 6.07) is 10.3. The topological polar surface area (TPSA) is 92.3 Å². The van der Waals surface area contributed by atoms with Crippen molar-refractivity contribution in [2.75, 3.05) is 71.6 Å². The van der Waals surface area contributed by atoms with Crippen LogP contribution < -0.4 is 4.90 Å². The number of aryl methyl sites for hydroxylation is 2. The number of sulfonamides is 1. The number of benzene rings is 2. The number of fused-ring (bicyclic) bond motifs is 1. The number of nitrogens with zero attached hydrogens (tertiary/aromatic N) is 4. The van der Waals surface area contributed by atoms with Crippen LogP contribution in [0, 0.1) is 13.8 Å². The Hall–Kier alpha value is -2.41. The summed E-state index contributed by atoms with van der Waals surface area (Å²) in [7, 11) is -0.725. The lowest BCUT2D eigenvalue weighted by Crippen LogP contribution is -2.39. The van der Waals surface area contributed by atoms with E-state index in [9.17, 15) is 13.2 Å². The zero-order valence-electron chi connectivity index (χ0n) is 23.8. The molecule has 0 saturated heterocycles. The largest absolute Gasteiger partial charge is 0.383 e. The number of aromatic nitrogens is 1. The van der Waals surface area contributed by atoms with Gasteiger partial charge in [0, 0.05) is 46.0 Å². The molecule has 0 aliphatic carbocycles. The van der Waals surface area contributed by atoms with Crippen LogP contribution in [0.4, 0.5) is 5.13 Å². The van der Waals surface area contributed by atoms with Crippen molar-refractivity contribution in [3.05, 3.63) is 53.1 Å². The molecule has 9 nitrogen and oxygen atoms in total. The van der Waals surface area contributed by atoms with Crippen LogP contribution in [-0.4, -0.2) is 95.2 Å². The SMILES string of the molecule is CCN(CC)CCN(C(=O)c1ccc(S(=O)(=O)N(CCOC)CCOC)cc1)c1nc2cc(C)c(C)cc2s1. The summed E-state index contributed by atoms with van der Waals surface area (Å²) in [6.45, 7) is 12.2. The van der Waals surface area contributed by atoms with Crippen LogP contribution in [-0.2, 0) is 19.5 Å². The fourth-order valence-electron chi connectivity index (χ4n) is 4.16. The highest BCUT2D eigenvalue weighted by Gasteiger charge is 2.26. The predicted molar refractivity (Wildman–Crippen MR) is 158 cm³/mol. The molecular formula is C28H40N4O5S2. The molecular weight excluding hydrogens is 536 g/mol. The Morgan fingerprint density at radius 2 is 1.49 bits per heavy atom. The minimum absolute atomic E-state index is 0.117. The third kappa shape index (κ3) is 7.62. The molecule has 1 aromatic heterocycles. The van der Waals surface area contributed by atoms with Gasteiger partial charge in [-0.1, -0.05) is 25.2 Å². The van der Waals surface area contributed by atoms with E-state index in [1.165, 1.54) is 47.6 Å². The maximum atomic E-state index is 13.8. The number of methoxy groups -OCH3 is 2. The van der Waals surface area contributed by atoms with E-state index in [2.05, 4.69) is 44.7 Å². The zero-order valence-corrected chi connectivity index (χ0v) is 25.4. The molecule has 1 amide bonds. The molecule has 0 saturated carbocycles. The second kappa shape index (κ2) is 14.3. The van der Waals surface area contributed by atoms with Gasteiger partial charge in [0.2, 0.25) is 10.0 Å². The highest BCUT2D eigenvalue weighted by atomic mass is 32.2. The van der Waals surface area contributed by atoms with Crippen LogP contribution in [0.5, 0.6) is 0 Å². The molecule has 3 rings (SSSR count). The van der Waals surface area contributed by atoms with Crippen molar-refractivity contribution in [3.8, 4) is 0 Å². The molecule has 0 bridgehead atoms. The van der Waals surface area contributed by atoms with Crippen molar-refractivity contribution in [1.29, 1.82) is 0 Å². The van der Waals surface area contributed by atoms with Crippen LogP contribution in [0.3, 0.4) is 0 Å². The highest BCUT2D eigenvalue weighted by molar-refractivity contribution is 7.89. The van der Waals surface area contributed by atoms with Gasteiger partial charge in [-0.2, -0.15) is 4.31 Å². The molecule has 0 aliphatic rings. The Morgan fingerprint density at radius 1 is 0.897 bits per heavy atom. The first kappa shape index (κ1) is 31.1.